The Labute approximate surface area is 132 Å². The van der Waals surface area contributed by atoms with E-state index in [-0.39, 0.29) is 11.2 Å². The number of nitrogens with one attached hydrogen (secondary N) is 1. The van der Waals surface area contributed by atoms with Gasteiger partial charge in [0.25, 0.3) is 5.56 Å². The molecule has 0 saturated carbocycles. The van der Waals surface area contributed by atoms with Crippen LogP contribution in [0.3, 0.4) is 0 Å². The van der Waals surface area contributed by atoms with Crippen LogP contribution < -0.4 is 11.2 Å². The largest absolute Gasteiger partial charge is 0.379 e. The zero-order chi connectivity index (χ0) is 15.5. The molecule has 0 radical (unpaired) electrons. The fraction of sp³-hybridized carbons (Fsp3) is 0.467. The third-order valence-corrected chi connectivity index (χ3v) is 4.14. The van der Waals surface area contributed by atoms with Gasteiger partial charge in [-0.2, -0.15) is 0 Å². The van der Waals surface area contributed by atoms with Crippen molar-refractivity contribution in [1.82, 2.24) is 14.5 Å². The molecular weight excluding hydrogens is 306 g/mol. The number of hydrogen-bond acceptors (Lipinski definition) is 4. The highest BCUT2D eigenvalue weighted by atomic mass is 35.5. The molecule has 0 atom stereocenters. The lowest BCUT2D eigenvalue weighted by molar-refractivity contribution is 0.0368. The van der Waals surface area contributed by atoms with Gasteiger partial charge < -0.3 is 9.72 Å². The predicted molar refractivity (Wildman–Crippen MR) is 85.7 cm³/mol. The second-order valence-corrected chi connectivity index (χ2v) is 5.82. The molecule has 118 valence electrons. The van der Waals surface area contributed by atoms with Crippen LogP contribution in [0, 0.1) is 0 Å². The Bertz CT molecular complexity index is 778. The number of nitrogens with zero attached hydrogens (tertiary/aromatic N) is 2. The summed E-state index contributed by atoms with van der Waals surface area (Å²) in [6.07, 6.45) is 0.745. The van der Waals surface area contributed by atoms with Crippen molar-refractivity contribution < 1.29 is 4.74 Å². The molecule has 6 nitrogen and oxygen atoms in total. The molecule has 1 aliphatic rings. The predicted octanol–water partition coefficient (Wildman–Crippen LogP) is 1.07. The molecule has 2 heterocycles. The minimum Gasteiger partial charge on any atom is -0.379 e. The first-order valence-electron chi connectivity index (χ1n) is 7.37. The average molecular weight is 324 g/mol. The van der Waals surface area contributed by atoms with E-state index in [1.807, 2.05) is 0 Å². The number of aromatic nitrogens is 2. The minimum absolute atomic E-state index is 0.289. The van der Waals surface area contributed by atoms with Crippen molar-refractivity contribution in [3.8, 4) is 0 Å². The summed E-state index contributed by atoms with van der Waals surface area (Å²) in [4.78, 5) is 29.5. The Balaban J connectivity index is 1.78. The second-order valence-electron chi connectivity index (χ2n) is 5.38. The van der Waals surface area contributed by atoms with Crippen LogP contribution in [0.2, 0.25) is 5.02 Å². The lowest BCUT2D eigenvalue weighted by Gasteiger charge is -2.26. The number of H-pyrrole nitrogens is 1. The van der Waals surface area contributed by atoms with Crippen LogP contribution in [-0.2, 0) is 11.3 Å². The van der Waals surface area contributed by atoms with Crippen LogP contribution in [-0.4, -0.2) is 47.3 Å². The topological polar surface area (TPSA) is 67.3 Å². The van der Waals surface area contributed by atoms with Crippen LogP contribution in [0.15, 0.2) is 27.8 Å². The molecule has 1 aliphatic heterocycles. The summed E-state index contributed by atoms with van der Waals surface area (Å²) in [5.41, 5.74) is -0.145. The minimum atomic E-state index is -0.373. The molecule has 2 aromatic rings. The van der Waals surface area contributed by atoms with Gasteiger partial charge in [-0.1, -0.05) is 11.6 Å². The van der Waals surface area contributed by atoms with E-state index in [9.17, 15) is 9.59 Å². The van der Waals surface area contributed by atoms with Crippen molar-refractivity contribution in [3.05, 3.63) is 44.1 Å². The Morgan fingerprint density at radius 3 is 2.73 bits per heavy atom. The lowest BCUT2D eigenvalue weighted by atomic mass is 10.2. The summed E-state index contributed by atoms with van der Waals surface area (Å²) in [7, 11) is 0. The van der Waals surface area contributed by atoms with Crippen molar-refractivity contribution in [2.75, 3.05) is 32.8 Å². The van der Waals surface area contributed by atoms with Gasteiger partial charge in [-0.05, 0) is 24.6 Å². The van der Waals surface area contributed by atoms with Crippen molar-refractivity contribution in [3.63, 3.8) is 0 Å². The lowest BCUT2D eigenvalue weighted by Crippen LogP contribution is -2.39. The zero-order valence-electron chi connectivity index (χ0n) is 12.2. The first kappa shape index (κ1) is 15.3. The van der Waals surface area contributed by atoms with Crippen molar-refractivity contribution in [1.29, 1.82) is 0 Å². The molecule has 1 fully saturated rings. The van der Waals surface area contributed by atoms with Gasteiger partial charge in [-0.25, -0.2) is 4.79 Å². The third-order valence-electron chi connectivity index (χ3n) is 3.90. The standard InChI is InChI=1S/C15H18ClN3O3/c16-11-2-3-13-12(10-11)14(20)19(15(21)17-13)5-1-4-18-6-8-22-9-7-18/h2-3,10H,1,4-9H2,(H,17,21). The first-order chi connectivity index (χ1) is 10.6. The maximum absolute atomic E-state index is 12.4. The van der Waals surface area contributed by atoms with Crippen LogP contribution in [0.4, 0.5) is 0 Å². The van der Waals surface area contributed by atoms with Crippen molar-refractivity contribution >= 4 is 22.5 Å². The number of ether oxygens (including phenoxy) is 1. The summed E-state index contributed by atoms with van der Waals surface area (Å²) in [5.74, 6) is 0. The molecule has 0 aliphatic carbocycles. The van der Waals surface area contributed by atoms with Crippen molar-refractivity contribution in [2.45, 2.75) is 13.0 Å². The van der Waals surface area contributed by atoms with Gasteiger partial charge in [0.05, 0.1) is 24.1 Å². The van der Waals surface area contributed by atoms with Gasteiger partial charge in [0, 0.05) is 31.2 Å². The Morgan fingerprint density at radius 2 is 1.95 bits per heavy atom. The number of benzene rings is 1. The summed E-state index contributed by atoms with van der Waals surface area (Å²) in [6, 6.07) is 4.90. The monoisotopic (exact) mass is 323 g/mol. The number of hydrogen-bond donors (Lipinski definition) is 1. The van der Waals surface area contributed by atoms with E-state index in [0.29, 0.717) is 22.5 Å². The highest BCUT2D eigenvalue weighted by Gasteiger charge is 2.11. The third kappa shape index (κ3) is 3.24. The summed E-state index contributed by atoms with van der Waals surface area (Å²) in [6.45, 7) is 4.54. The zero-order valence-corrected chi connectivity index (χ0v) is 12.9. The SMILES string of the molecule is O=c1[nH]c2ccc(Cl)cc2c(=O)n1CCCN1CCOCC1. The molecular formula is C15H18ClN3O3. The van der Waals surface area contributed by atoms with E-state index in [1.165, 1.54) is 4.57 Å². The molecule has 0 bridgehead atoms. The van der Waals surface area contributed by atoms with Crippen molar-refractivity contribution in [2.24, 2.45) is 0 Å². The van der Waals surface area contributed by atoms with Gasteiger partial charge in [0.15, 0.2) is 0 Å². The van der Waals surface area contributed by atoms with Gasteiger partial charge in [0.2, 0.25) is 0 Å². The Kier molecular flexibility index (Phi) is 4.61. The highest BCUT2D eigenvalue weighted by Crippen LogP contribution is 2.13. The quantitative estimate of drug-likeness (QED) is 0.914. The molecule has 0 spiro atoms. The van der Waals surface area contributed by atoms with Gasteiger partial charge in [-0.15, -0.1) is 0 Å². The van der Waals surface area contributed by atoms with Crippen LogP contribution in [0.5, 0.6) is 0 Å². The van der Waals surface area contributed by atoms with E-state index >= 15 is 0 Å². The Morgan fingerprint density at radius 1 is 1.18 bits per heavy atom. The molecule has 1 aromatic carbocycles. The fourth-order valence-electron chi connectivity index (χ4n) is 2.70. The molecule has 0 unspecified atom stereocenters. The summed E-state index contributed by atoms with van der Waals surface area (Å²) < 4.78 is 6.55. The molecule has 1 saturated heterocycles. The van der Waals surface area contributed by atoms with Gasteiger partial charge in [-0.3, -0.25) is 14.3 Å². The van der Waals surface area contributed by atoms with E-state index in [4.69, 9.17) is 16.3 Å². The molecule has 1 aromatic heterocycles. The highest BCUT2D eigenvalue weighted by molar-refractivity contribution is 6.31. The van der Waals surface area contributed by atoms with Crippen LogP contribution in [0.25, 0.3) is 10.9 Å². The molecule has 0 amide bonds. The van der Waals surface area contributed by atoms with Gasteiger partial charge in [0.1, 0.15) is 0 Å². The van der Waals surface area contributed by atoms with E-state index in [2.05, 4.69) is 9.88 Å². The summed E-state index contributed by atoms with van der Waals surface area (Å²) >= 11 is 5.93. The number of rotatable bonds is 4. The average Bonchev–Trinajstić information content (AvgIpc) is 2.52. The maximum Gasteiger partial charge on any atom is 0.328 e. The Hall–Kier alpha value is -1.63. The summed E-state index contributed by atoms with van der Waals surface area (Å²) in [5, 5.41) is 0.926. The number of morpholine rings is 1. The number of fused-ring (bicyclic) bond motifs is 1. The first-order valence-corrected chi connectivity index (χ1v) is 7.75. The normalized spacial score (nSPS) is 16.2. The molecule has 1 N–H and O–H groups in total. The van der Waals surface area contributed by atoms with Gasteiger partial charge >= 0.3 is 5.69 Å². The van der Waals surface area contributed by atoms with E-state index in [0.717, 1.165) is 39.3 Å². The van der Waals surface area contributed by atoms with Crippen LogP contribution >= 0.6 is 11.6 Å². The smallest absolute Gasteiger partial charge is 0.328 e. The van der Waals surface area contributed by atoms with E-state index < -0.39 is 0 Å². The molecule has 3 rings (SSSR count). The molecule has 7 heteroatoms. The molecule has 22 heavy (non-hydrogen) atoms. The maximum atomic E-state index is 12.4. The number of halogens is 1. The van der Waals surface area contributed by atoms with E-state index in [1.54, 1.807) is 18.2 Å². The number of aromatic amines is 1. The fourth-order valence-corrected chi connectivity index (χ4v) is 2.88. The van der Waals surface area contributed by atoms with Crippen LogP contribution in [0.1, 0.15) is 6.42 Å². The second kappa shape index (κ2) is 6.64.